The molecule has 0 bridgehead atoms. The number of benzene rings is 1. The number of hydrogen-bond donors (Lipinski definition) is 2. The fraction of sp³-hybridized carbons (Fsp3) is 0.556. The Morgan fingerprint density at radius 2 is 1.77 bits per heavy atom. The van der Waals surface area contributed by atoms with Crippen molar-refractivity contribution in [2.24, 2.45) is 28.3 Å². The van der Waals surface area contributed by atoms with Crippen LogP contribution in [0.1, 0.15) is 51.0 Å². The Balaban J connectivity index is 1.19. The average Bonchev–Trinajstić information content (AvgIpc) is 3.30. The molecule has 39 heavy (non-hydrogen) atoms. The monoisotopic (exact) mass is 547 g/mol. The quantitative estimate of drug-likeness (QED) is 0.223. The standard InChI is InChI=1S/C27H36F3N7O2/c1-16(2)25(32)35-27(38)36-7-5-17(6-8-36)4-3-9-39-18-12-33-26(34-13-18)37-14-20(24(31)15-37)19-10-22(29)23(30)11-21(19)28/h10-13,16-17,20,24H,3-9,14-15,31H2,1-2H3,(H2,32,35,38). The molecule has 1 aromatic heterocycles. The molecular weight excluding hydrogens is 511 g/mol. The van der Waals surface area contributed by atoms with Gasteiger partial charge in [-0.05, 0) is 43.2 Å². The molecule has 2 aliphatic rings. The first kappa shape index (κ1) is 28.6. The van der Waals surface area contributed by atoms with Crippen molar-refractivity contribution in [1.82, 2.24) is 14.9 Å². The van der Waals surface area contributed by atoms with Gasteiger partial charge in [0.1, 0.15) is 11.7 Å². The number of rotatable bonds is 8. The highest BCUT2D eigenvalue weighted by molar-refractivity contribution is 5.93. The summed E-state index contributed by atoms with van der Waals surface area (Å²) in [5.41, 5.74) is 12.0. The van der Waals surface area contributed by atoms with E-state index in [1.807, 2.05) is 13.8 Å². The number of carbonyl (C=O) groups is 1. The highest BCUT2D eigenvalue weighted by Gasteiger charge is 2.35. The van der Waals surface area contributed by atoms with Crippen LogP contribution < -0.4 is 21.1 Å². The molecule has 0 spiro atoms. The molecule has 212 valence electrons. The Bertz CT molecular complexity index is 1170. The molecule has 2 aromatic rings. The van der Waals surface area contributed by atoms with E-state index in [9.17, 15) is 18.0 Å². The molecule has 9 nitrogen and oxygen atoms in total. The van der Waals surface area contributed by atoms with E-state index in [0.29, 0.717) is 55.8 Å². The smallest absolute Gasteiger partial charge is 0.345 e. The summed E-state index contributed by atoms with van der Waals surface area (Å²) in [4.78, 5) is 28.5. The van der Waals surface area contributed by atoms with E-state index in [1.165, 1.54) is 0 Å². The first-order valence-corrected chi connectivity index (χ1v) is 13.3. The molecule has 3 heterocycles. The number of amides is 2. The van der Waals surface area contributed by atoms with Crippen LogP contribution in [0.25, 0.3) is 0 Å². The predicted molar refractivity (Wildman–Crippen MR) is 142 cm³/mol. The van der Waals surface area contributed by atoms with Crippen molar-refractivity contribution in [3.05, 3.63) is 47.5 Å². The third-order valence-corrected chi connectivity index (χ3v) is 7.43. The number of likely N-dealkylation sites (tertiary alicyclic amines) is 1. The lowest BCUT2D eigenvalue weighted by Crippen LogP contribution is -2.38. The SMILES string of the molecule is CC(C)C(N)=NC(=O)N1CCC(CCCOc2cnc(N3CC(N)C(c4cc(F)c(F)cc4F)C3)nc2)CC1. The normalized spacial score (nSPS) is 20.6. The summed E-state index contributed by atoms with van der Waals surface area (Å²) in [6, 6.07) is 0.680. The van der Waals surface area contributed by atoms with E-state index in [4.69, 9.17) is 16.2 Å². The minimum absolute atomic E-state index is 0.0462. The van der Waals surface area contributed by atoms with Crippen LogP contribution in [0.5, 0.6) is 5.75 Å². The van der Waals surface area contributed by atoms with Crippen LogP contribution in [-0.4, -0.2) is 65.6 Å². The van der Waals surface area contributed by atoms with Gasteiger partial charge < -0.3 is 26.0 Å². The van der Waals surface area contributed by atoms with Gasteiger partial charge in [0.25, 0.3) is 0 Å². The number of amidine groups is 1. The van der Waals surface area contributed by atoms with E-state index in [-0.39, 0.29) is 24.1 Å². The number of nitrogens with zero attached hydrogens (tertiary/aromatic N) is 5. The third kappa shape index (κ3) is 7.17. The number of urea groups is 1. The molecule has 4 N–H and O–H groups in total. The number of aliphatic imine (C=N–C) groups is 1. The van der Waals surface area contributed by atoms with Crippen LogP contribution in [-0.2, 0) is 0 Å². The third-order valence-electron chi connectivity index (χ3n) is 7.43. The molecular formula is C27H36F3N7O2. The van der Waals surface area contributed by atoms with Crippen LogP contribution in [0.4, 0.5) is 23.9 Å². The number of hydrogen-bond acceptors (Lipinski definition) is 6. The number of piperidine rings is 1. The molecule has 0 saturated carbocycles. The molecule has 2 saturated heterocycles. The Morgan fingerprint density at radius 1 is 1.10 bits per heavy atom. The highest BCUT2D eigenvalue weighted by atomic mass is 19.2. The first-order valence-electron chi connectivity index (χ1n) is 13.3. The first-order chi connectivity index (χ1) is 18.6. The molecule has 0 radical (unpaired) electrons. The van der Waals surface area contributed by atoms with Crippen molar-refractivity contribution in [2.75, 3.05) is 37.7 Å². The predicted octanol–water partition coefficient (Wildman–Crippen LogP) is 3.83. The Hall–Kier alpha value is -3.41. The zero-order chi connectivity index (χ0) is 28.1. The Kier molecular flexibility index (Phi) is 9.26. The fourth-order valence-electron chi connectivity index (χ4n) is 4.98. The lowest BCUT2D eigenvalue weighted by atomic mass is 9.92. The second-order valence-electron chi connectivity index (χ2n) is 10.6. The van der Waals surface area contributed by atoms with Crippen molar-refractivity contribution in [3.63, 3.8) is 0 Å². The summed E-state index contributed by atoms with van der Waals surface area (Å²) in [5, 5.41) is 0. The summed E-state index contributed by atoms with van der Waals surface area (Å²) in [6.45, 7) is 6.32. The van der Waals surface area contributed by atoms with Crippen LogP contribution in [0.3, 0.4) is 0 Å². The maximum atomic E-state index is 14.3. The van der Waals surface area contributed by atoms with Gasteiger partial charge in [0, 0.05) is 50.1 Å². The number of nitrogens with two attached hydrogens (primary N) is 2. The largest absolute Gasteiger partial charge is 0.490 e. The van der Waals surface area contributed by atoms with Crippen molar-refractivity contribution >= 4 is 17.8 Å². The summed E-state index contributed by atoms with van der Waals surface area (Å²) < 4.78 is 47.1. The van der Waals surface area contributed by atoms with Crippen molar-refractivity contribution in [1.29, 1.82) is 0 Å². The van der Waals surface area contributed by atoms with Gasteiger partial charge in [-0.25, -0.2) is 27.9 Å². The summed E-state index contributed by atoms with van der Waals surface area (Å²) in [5.74, 6) is -1.80. The second kappa shape index (κ2) is 12.6. The molecule has 2 aliphatic heterocycles. The maximum Gasteiger partial charge on any atom is 0.345 e. The van der Waals surface area contributed by atoms with Crippen molar-refractivity contribution < 1.29 is 22.7 Å². The van der Waals surface area contributed by atoms with Crippen LogP contribution in [0.15, 0.2) is 29.5 Å². The van der Waals surface area contributed by atoms with E-state index in [2.05, 4.69) is 15.0 Å². The summed E-state index contributed by atoms with van der Waals surface area (Å²) in [7, 11) is 0. The van der Waals surface area contributed by atoms with Gasteiger partial charge in [0.05, 0.1) is 19.0 Å². The molecule has 12 heteroatoms. The van der Waals surface area contributed by atoms with E-state index in [1.54, 1.807) is 22.2 Å². The van der Waals surface area contributed by atoms with Crippen molar-refractivity contribution in [3.8, 4) is 5.75 Å². The fourth-order valence-corrected chi connectivity index (χ4v) is 4.98. The van der Waals surface area contributed by atoms with Crippen LogP contribution >= 0.6 is 0 Å². The molecule has 4 rings (SSSR count). The average molecular weight is 548 g/mol. The van der Waals surface area contributed by atoms with Gasteiger partial charge >= 0.3 is 6.03 Å². The van der Waals surface area contributed by atoms with Gasteiger partial charge in [-0.15, -0.1) is 0 Å². The molecule has 1 aromatic carbocycles. The topological polar surface area (TPSA) is 123 Å². The maximum absolute atomic E-state index is 14.3. The zero-order valence-electron chi connectivity index (χ0n) is 22.3. The van der Waals surface area contributed by atoms with E-state index < -0.39 is 29.4 Å². The molecule has 2 unspecified atom stereocenters. The number of carbonyl (C=O) groups excluding carboxylic acids is 1. The van der Waals surface area contributed by atoms with Gasteiger partial charge in [-0.2, -0.15) is 4.99 Å². The van der Waals surface area contributed by atoms with Gasteiger partial charge in [0.2, 0.25) is 5.95 Å². The van der Waals surface area contributed by atoms with Gasteiger partial charge in [-0.3, -0.25) is 0 Å². The number of anilines is 1. The Morgan fingerprint density at radius 3 is 2.44 bits per heavy atom. The van der Waals surface area contributed by atoms with Crippen molar-refractivity contribution in [2.45, 2.75) is 51.5 Å². The summed E-state index contributed by atoms with van der Waals surface area (Å²) >= 11 is 0. The lowest BCUT2D eigenvalue weighted by molar-refractivity contribution is 0.172. The minimum Gasteiger partial charge on any atom is -0.490 e. The zero-order valence-corrected chi connectivity index (χ0v) is 22.3. The van der Waals surface area contributed by atoms with Crippen LogP contribution in [0, 0.1) is 29.3 Å². The van der Waals surface area contributed by atoms with E-state index in [0.717, 1.165) is 31.7 Å². The molecule has 2 amide bonds. The number of aromatic nitrogens is 2. The molecule has 2 atom stereocenters. The van der Waals surface area contributed by atoms with Crippen LogP contribution in [0.2, 0.25) is 0 Å². The van der Waals surface area contributed by atoms with E-state index >= 15 is 0 Å². The van der Waals surface area contributed by atoms with Gasteiger partial charge in [0.15, 0.2) is 17.4 Å². The minimum atomic E-state index is -1.23. The number of halogens is 3. The second-order valence-corrected chi connectivity index (χ2v) is 10.6. The molecule has 2 fully saturated rings. The lowest BCUT2D eigenvalue weighted by Gasteiger charge is -2.30. The summed E-state index contributed by atoms with van der Waals surface area (Å²) in [6.07, 6.45) is 6.86. The van der Waals surface area contributed by atoms with Gasteiger partial charge in [-0.1, -0.05) is 13.8 Å². The Labute approximate surface area is 226 Å². The number of ether oxygens (including phenoxy) is 1. The highest BCUT2D eigenvalue weighted by Crippen LogP contribution is 2.31. The molecule has 0 aliphatic carbocycles.